The second-order valence-corrected chi connectivity index (χ2v) is 6.30. The number of aryl methyl sites for hydroxylation is 1. The van der Waals surface area contributed by atoms with Crippen molar-refractivity contribution in [3.8, 4) is 5.69 Å². The second-order valence-electron chi connectivity index (χ2n) is 6.30. The molecule has 0 radical (unpaired) electrons. The Morgan fingerprint density at radius 1 is 1.21 bits per heavy atom. The maximum Gasteiger partial charge on any atom is 0.306 e. The number of nitrogens with one attached hydrogen (secondary N) is 2. The van der Waals surface area contributed by atoms with Gasteiger partial charge in [0.05, 0.1) is 10.6 Å². The Bertz CT molecular complexity index is 1140. The summed E-state index contributed by atoms with van der Waals surface area (Å²) >= 11 is 0. The third-order valence-corrected chi connectivity index (χ3v) is 4.31. The van der Waals surface area contributed by atoms with Gasteiger partial charge >= 0.3 is 5.69 Å². The van der Waals surface area contributed by atoms with Crippen LogP contribution in [0.4, 0.5) is 20.2 Å². The fourth-order valence-corrected chi connectivity index (χ4v) is 2.84. The summed E-state index contributed by atoms with van der Waals surface area (Å²) in [6.07, 6.45) is 0.0486. The van der Waals surface area contributed by atoms with Crippen molar-refractivity contribution in [2.45, 2.75) is 19.8 Å². The van der Waals surface area contributed by atoms with Gasteiger partial charge in [-0.2, -0.15) is 4.39 Å². The molecule has 0 aliphatic carbocycles. The average molecular weight is 402 g/mol. The first-order valence-corrected chi connectivity index (χ1v) is 8.56. The van der Waals surface area contributed by atoms with Crippen molar-refractivity contribution in [3.63, 3.8) is 0 Å². The molecule has 150 valence electrons. The van der Waals surface area contributed by atoms with E-state index in [4.69, 9.17) is 0 Å². The molecular weight excluding hydrogens is 386 g/mol. The van der Waals surface area contributed by atoms with Gasteiger partial charge in [0.15, 0.2) is 0 Å². The van der Waals surface area contributed by atoms with Crippen LogP contribution < -0.4 is 10.9 Å². The van der Waals surface area contributed by atoms with Crippen molar-refractivity contribution in [1.82, 2.24) is 9.78 Å². The second kappa shape index (κ2) is 8.05. The number of nitro benzene ring substituents is 1. The van der Waals surface area contributed by atoms with Gasteiger partial charge in [0.25, 0.3) is 5.56 Å². The lowest BCUT2D eigenvalue weighted by Gasteiger charge is -2.05. The molecule has 1 amide bonds. The van der Waals surface area contributed by atoms with Crippen molar-refractivity contribution < 1.29 is 18.5 Å². The topological polar surface area (TPSA) is 110 Å². The van der Waals surface area contributed by atoms with Crippen LogP contribution in [0.1, 0.15) is 17.7 Å². The van der Waals surface area contributed by atoms with Gasteiger partial charge in [-0.15, -0.1) is 0 Å². The number of benzene rings is 2. The van der Waals surface area contributed by atoms with Crippen LogP contribution in [-0.4, -0.2) is 20.6 Å². The van der Waals surface area contributed by atoms with Gasteiger partial charge < -0.3 is 5.32 Å². The number of carbonyl (C=O) groups excluding carboxylic acids is 1. The van der Waals surface area contributed by atoms with Crippen molar-refractivity contribution in [2.24, 2.45) is 0 Å². The van der Waals surface area contributed by atoms with Crippen LogP contribution in [-0.2, 0) is 11.2 Å². The van der Waals surface area contributed by atoms with E-state index in [1.54, 1.807) is 6.92 Å². The Hall–Kier alpha value is -3.82. The Morgan fingerprint density at radius 3 is 2.55 bits per heavy atom. The normalized spacial score (nSPS) is 10.7. The lowest BCUT2D eigenvalue weighted by molar-refractivity contribution is -0.387. The highest BCUT2D eigenvalue weighted by Gasteiger charge is 2.17. The van der Waals surface area contributed by atoms with Gasteiger partial charge in [-0.05, 0) is 49.7 Å². The van der Waals surface area contributed by atoms with E-state index in [0.717, 1.165) is 12.1 Å². The van der Waals surface area contributed by atoms with Crippen LogP contribution in [0.25, 0.3) is 5.69 Å². The van der Waals surface area contributed by atoms with E-state index < -0.39 is 28.2 Å². The average Bonchev–Trinajstić information content (AvgIpc) is 2.96. The first-order valence-electron chi connectivity index (χ1n) is 8.56. The fraction of sp³-hybridized carbons (Fsp3) is 0.158. The molecule has 0 aliphatic heterocycles. The predicted molar refractivity (Wildman–Crippen MR) is 101 cm³/mol. The molecule has 0 atom stereocenters. The lowest BCUT2D eigenvalue weighted by atomic mass is 10.1. The predicted octanol–water partition coefficient (Wildman–Crippen LogP) is 3.23. The first-order chi connectivity index (χ1) is 13.8. The smallest absolute Gasteiger partial charge is 0.306 e. The molecule has 1 heterocycles. The SMILES string of the molecule is Cc1[nH]n(-c2ccc(F)cc2)c(=O)c1CCC(=O)Nc1ccc(F)c([N+](=O)[O-])c1. The van der Waals surface area contributed by atoms with E-state index in [-0.39, 0.29) is 24.1 Å². The van der Waals surface area contributed by atoms with E-state index >= 15 is 0 Å². The summed E-state index contributed by atoms with van der Waals surface area (Å²) in [6, 6.07) is 8.39. The maximum absolute atomic E-state index is 13.4. The third kappa shape index (κ3) is 4.37. The number of hydrogen-bond donors (Lipinski definition) is 2. The largest absolute Gasteiger partial charge is 0.326 e. The Morgan fingerprint density at radius 2 is 1.90 bits per heavy atom. The molecule has 10 heteroatoms. The summed E-state index contributed by atoms with van der Waals surface area (Å²) in [5, 5.41) is 16.1. The number of nitrogens with zero attached hydrogens (tertiary/aromatic N) is 2. The summed E-state index contributed by atoms with van der Waals surface area (Å²) in [6.45, 7) is 1.68. The molecule has 0 aliphatic rings. The summed E-state index contributed by atoms with van der Waals surface area (Å²) in [7, 11) is 0. The number of nitro groups is 1. The summed E-state index contributed by atoms with van der Waals surface area (Å²) in [5.41, 5.74) is 0.372. The van der Waals surface area contributed by atoms with Crippen molar-refractivity contribution in [3.05, 3.63) is 85.8 Å². The van der Waals surface area contributed by atoms with Gasteiger partial charge in [-0.1, -0.05) is 0 Å². The van der Waals surface area contributed by atoms with E-state index in [9.17, 15) is 28.5 Å². The molecule has 3 aromatic rings. The number of anilines is 1. The monoisotopic (exact) mass is 402 g/mol. The Labute approximate surface area is 162 Å². The lowest BCUT2D eigenvalue weighted by Crippen LogP contribution is -2.19. The molecule has 2 aromatic carbocycles. The minimum absolute atomic E-state index is 0.0669. The highest BCUT2D eigenvalue weighted by atomic mass is 19.1. The first kappa shape index (κ1) is 19.9. The molecule has 0 spiro atoms. The molecule has 29 heavy (non-hydrogen) atoms. The molecule has 8 nitrogen and oxygen atoms in total. The molecule has 2 N–H and O–H groups in total. The van der Waals surface area contributed by atoms with Gasteiger partial charge in [0.2, 0.25) is 11.7 Å². The minimum Gasteiger partial charge on any atom is -0.326 e. The van der Waals surface area contributed by atoms with Crippen molar-refractivity contribution in [2.75, 3.05) is 5.32 Å². The fourth-order valence-electron chi connectivity index (χ4n) is 2.84. The minimum atomic E-state index is -1.00. The summed E-state index contributed by atoms with van der Waals surface area (Å²) in [5.74, 6) is -1.92. The van der Waals surface area contributed by atoms with Crippen molar-refractivity contribution in [1.29, 1.82) is 0 Å². The molecule has 0 fully saturated rings. The van der Waals surface area contributed by atoms with Crippen LogP contribution in [0, 0.1) is 28.7 Å². The zero-order valence-electron chi connectivity index (χ0n) is 15.2. The zero-order chi connectivity index (χ0) is 21.1. The van der Waals surface area contributed by atoms with Gasteiger partial charge in [-0.25, -0.2) is 9.07 Å². The number of H-pyrrole nitrogens is 1. The van der Waals surface area contributed by atoms with Crippen LogP contribution in [0.3, 0.4) is 0 Å². The zero-order valence-corrected chi connectivity index (χ0v) is 15.2. The van der Waals surface area contributed by atoms with Gasteiger partial charge in [0.1, 0.15) is 5.82 Å². The number of halogens is 2. The van der Waals surface area contributed by atoms with Crippen LogP contribution in [0.2, 0.25) is 0 Å². The molecule has 0 bridgehead atoms. The number of rotatable bonds is 6. The number of carbonyl (C=O) groups is 1. The number of amides is 1. The molecule has 1 aromatic heterocycles. The Kier molecular flexibility index (Phi) is 5.53. The van der Waals surface area contributed by atoms with Crippen LogP contribution in [0.5, 0.6) is 0 Å². The maximum atomic E-state index is 13.4. The van der Waals surface area contributed by atoms with E-state index in [1.165, 1.54) is 35.0 Å². The third-order valence-electron chi connectivity index (χ3n) is 4.31. The van der Waals surface area contributed by atoms with Crippen LogP contribution >= 0.6 is 0 Å². The van der Waals surface area contributed by atoms with Gasteiger partial charge in [0, 0.05) is 29.4 Å². The number of aromatic amines is 1. The van der Waals surface area contributed by atoms with Gasteiger partial charge in [-0.3, -0.25) is 24.8 Å². The standard InChI is InChI=1S/C19H16F2N4O4/c1-11-15(19(27)24(23-11)14-5-2-12(20)3-6-14)7-9-18(26)22-13-4-8-16(21)17(10-13)25(28)29/h2-6,8,10,23H,7,9H2,1H3,(H,22,26). The quantitative estimate of drug-likeness (QED) is 0.487. The molecular formula is C19H16F2N4O4. The number of hydrogen-bond acceptors (Lipinski definition) is 4. The summed E-state index contributed by atoms with van der Waals surface area (Å²) in [4.78, 5) is 34.6. The molecule has 0 saturated carbocycles. The molecule has 0 unspecified atom stereocenters. The van der Waals surface area contributed by atoms with E-state index in [2.05, 4.69) is 10.4 Å². The highest BCUT2D eigenvalue weighted by Crippen LogP contribution is 2.21. The van der Waals surface area contributed by atoms with E-state index in [1.807, 2.05) is 0 Å². The van der Waals surface area contributed by atoms with Crippen molar-refractivity contribution >= 4 is 17.3 Å². The Balaban J connectivity index is 1.71. The number of aromatic nitrogens is 2. The highest BCUT2D eigenvalue weighted by molar-refractivity contribution is 5.91. The molecule has 0 saturated heterocycles. The molecule has 3 rings (SSSR count). The van der Waals surface area contributed by atoms with Crippen LogP contribution in [0.15, 0.2) is 47.3 Å². The summed E-state index contributed by atoms with van der Waals surface area (Å²) < 4.78 is 27.7. The van der Waals surface area contributed by atoms with E-state index in [0.29, 0.717) is 16.9 Å².